The van der Waals surface area contributed by atoms with Gasteiger partial charge in [0, 0.05) is 0 Å². The lowest BCUT2D eigenvalue weighted by atomic mass is 9.94. The van der Waals surface area contributed by atoms with Gasteiger partial charge in [0.15, 0.2) is 0 Å². The van der Waals surface area contributed by atoms with Crippen molar-refractivity contribution in [1.29, 1.82) is 0 Å². The van der Waals surface area contributed by atoms with E-state index < -0.39 is 35.6 Å². The van der Waals surface area contributed by atoms with Crippen molar-refractivity contribution in [2.75, 3.05) is 0 Å². The molecule has 2 N–H and O–H groups in total. The molecule has 0 bridgehead atoms. The molecule has 0 aliphatic rings. The topological polar surface area (TPSA) is 66.4 Å². The fourth-order valence-corrected chi connectivity index (χ4v) is 2.52. The maximum Gasteiger partial charge on any atom is 0.416 e. The average Bonchev–Trinajstić information content (AvgIpc) is 2.59. The molecule has 2 aromatic carbocycles. The van der Waals surface area contributed by atoms with Crippen molar-refractivity contribution < 1.29 is 27.9 Å². The minimum Gasteiger partial charge on any atom is -0.481 e. The monoisotopic (exact) mass is 365 g/mol. The summed E-state index contributed by atoms with van der Waals surface area (Å²) in [5.41, 5.74) is 0.261. The second-order valence-corrected chi connectivity index (χ2v) is 5.95. The zero-order valence-corrected chi connectivity index (χ0v) is 14.0. The van der Waals surface area contributed by atoms with Crippen molar-refractivity contribution in [1.82, 2.24) is 5.32 Å². The Hall–Kier alpha value is -2.83. The Morgan fingerprint density at radius 3 is 2.12 bits per heavy atom. The lowest BCUT2D eigenvalue weighted by Gasteiger charge is -2.23. The highest BCUT2D eigenvalue weighted by molar-refractivity contribution is 5.80. The van der Waals surface area contributed by atoms with Crippen LogP contribution in [0.15, 0.2) is 54.6 Å². The van der Waals surface area contributed by atoms with Crippen LogP contribution in [-0.2, 0) is 22.2 Å². The molecule has 2 atom stereocenters. The first-order valence-electron chi connectivity index (χ1n) is 7.91. The largest absolute Gasteiger partial charge is 0.481 e. The van der Waals surface area contributed by atoms with Gasteiger partial charge in [0.05, 0.1) is 23.9 Å². The second-order valence-electron chi connectivity index (χ2n) is 5.95. The van der Waals surface area contributed by atoms with E-state index in [0.717, 1.165) is 12.1 Å². The lowest BCUT2D eigenvalue weighted by Crippen LogP contribution is -2.36. The van der Waals surface area contributed by atoms with Crippen LogP contribution in [0.4, 0.5) is 13.2 Å². The molecule has 0 saturated heterocycles. The van der Waals surface area contributed by atoms with Crippen LogP contribution in [0.3, 0.4) is 0 Å². The van der Waals surface area contributed by atoms with Crippen LogP contribution in [0.2, 0.25) is 0 Å². The van der Waals surface area contributed by atoms with Crippen LogP contribution in [-0.4, -0.2) is 17.0 Å². The van der Waals surface area contributed by atoms with Crippen LogP contribution >= 0.6 is 0 Å². The summed E-state index contributed by atoms with van der Waals surface area (Å²) in [6, 6.07) is 12.2. The fraction of sp³-hybridized carbons (Fsp3) is 0.263. The molecule has 2 unspecified atom stereocenters. The van der Waals surface area contributed by atoms with Gasteiger partial charge in [-0.3, -0.25) is 9.59 Å². The van der Waals surface area contributed by atoms with E-state index in [2.05, 4.69) is 5.32 Å². The van der Waals surface area contributed by atoms with E-state index in [1.807, 2.05) is 0 Å². The van der Waals surface area contributed by atoms with Crippen LogP contribution in [0, 0.1) is 5.92 Å². The predicted octanol–water partition coefficient (Wildman–Crippen LogP) is 3.83. The number of halogens is 3. The number of alkyl halides is 3. The molecular weight excluding hydrogens is 347 g/mol. The van der Waals surface area contributed by atoms with Crippen LogP contribution in [0.25, 0.3) is 0 Å². The molecule has 4 nitrogen and oxygen atoms in total. The molecule has 26 heavy (non-hydrogen) atoms. The Balaban J connectivity index is 2.11. The maximum atomic E-state index is 12.6. The number of hydrogen-bond acceptors (Lipinski definition) is 2. The molecule has 7 heteroatoms. The number of amides is 1. The van der Waals surface area contributed by atoms with Crippen LogP contribution < -0.4 is 5.32 Å². The number of hydrogen-bond donors (Lipinski definition) is 2. The summed E-state index contributed by atoms with van der Waals surface area (Å²) in [4.78, 5) is 23.6. The van der Waals surface area contributed by atoms with Gasteiger partial charge in [-0.1, -0.05) is 42.5 Å². The van der Waals surface area contributed by atoms with Crippen LogP contribution in [0.1, 0.15) is 29.7 Å². The van der Waals surface area contributed by atoms with Crippen molar-refractivity contribution >= 4 is 11.9 Å². The number of benzene rings is 2. The van der Waals surface area contributed by atoms with E-state index in [9.17, 15) is 27.9 Å². The van der Waals surface area contributed by atoms with E-state index in [1.165, 1.54) is 19.1 Å². The predicted molar refractivity (Wildman–Crippen MR) is 89.3 cm³/mol. The van der Waals surface area contributed by atoms with Gasteiger partial charge in [-0.15, -0.1) is 0 Å². The van der Waals surface area contributed by atoms with Gasteiger partial charge >= 0.3 is 12.1 Å². The Labute approximate surface area is 148 Å². The Bertz CT molecular complexity index is 758. The number of carboxylic acid groups (broad SMARTS) is 1. The van der Waals surface area contributed by atoms with Gasteiger partial charge in [-0.25, -0.2) is 0 Å². The minimum absolute atomic E-state index is 0.145. The molecule has 0 spiro atoms. The highest BCUT2D eigenvalue weighted by Gasteiger charge is 2.30. The molecular formula is C19H18F3NO3. The lowest BCUT2D eigenvalue weighted by molar-refractivity contribution is -0.142. The summed E-state index contributed by atoms with van der Waals surface area (Å²) < 4.78 is 37.7. The second kappa shape index (κ2) is 8.03. The molecule has 1 amide bonds. The third kappa shape index (κ3) is 5.08. The summed E-state index contributed by atoms with van der Waals surface area (Å²) in [5, 5.41) is 11.9. The van der Waals surface area contributed by atoms with Crippen molar-refractivity contribution in [3.8, 4) is 0 Å². The maximum absolute atomic E-state index is 12.6. The Kier molecular flexibility index (Phi) is 6.02. The van der Waals surface area contributed by atoms with Gasteiger partial charge in [-0.05, 0) is 30.2 Å². The molecule has 0 aromatic heterocycles. The summed E-state index contributed by atoms with van der Waals surface area (Å²) in [6.45, 7) is 1.48. The summed E-state index contributed by atoms with van der Waals surface area (Å²) in [6.07, 6.45) is -4.58. The molecule has 138 valence electrons. The molecule has 0 fully saturated rings. The van der Waals surface area contributed by atoms with E-state index in [-0.39, 0.29) is 6.42 Å². The minimum atomic E-state index is -4.43. The number of carbonyl (C=O) groups is 2. The standard InChI is InChI=1S/C19H18F3NO3/c1-12(18(25)26)17(14-5-3-2-4-6-14)23-16(24)11-13-7-9-15(10-8-13)19(20,21)22/h2-10,12,17H,11H2,1H3,(H,23,24)(H,25,26). The first-order chi connectivity index (χ1) is 12.2. The summed E-state index contributed by atoms with van der Waals surface area (Å²) in [7, 11) is 0. The van der Waals surface area contributed by atoms with Crippen molar-refractivity contribution in [2.24, 2.45) is 5.92 Å². The third-order valence-corrected chi connectivity index (χ3v) is 4.01. The first kappa shape index (κ1) is 19.5. The molecule has 0 radical (unpaired) electrons. The van der Waals surface area contributed by atoms with Gasteiger partial charge in [0.1, 0.15) is 0 Å². The van der Waals surface area contributed by atoms with Gasteiger partial charge in [0.2, 0.25) is 5.91 Å². The van der Waals surface area contributed by atoms with Crippen molar-refractivity contribution in [3.63, 3.8) is 0 Å². The van der Waals surface area contributed by atoms with Crippen molar-refractivity contribution in [3.05, 3.63) is 71.3 Å². The summed E-state index contributed by atoms with van der Waals surface area (Å²) in [5.74, 6) is -2.39. The average molecular weight is 365 g/mol. The first-order valence-corrected chi connectivity index (χ1v) is 7.91. The van der Waals surface area contributed by atoms with Gasteiger partial charge < -0.3 is 10.4 Å². The van der Waals surface area contributed by atoms with Gasteiger partial charge in [0.25, 0.3) is 0 Å². The van der Waals surface area contributed by atoms with E-state index in [1.54, 1.807) is 30.3 Å². The zero-order chi connectivity index (χ0) is 19.3. The molecule has 0 heterocycles. The number of carboxylic acids is 1. The number of carbonyl (C=O) groups excluding carboxylic acids is 1. The Morgan fingerprint density at radius 1 is 1.04 bits per heavy atom. The quantitative estimate of drug-likeness (QED) is 0.818. The van der Waals surface area contributed by atoms with Crippen molar-refractivity contribution in [2.45, 2.75) is 25.6 Å². The van der Waals surface area contributed by atoms with E-state index in [0.29, 0.717) is 11.1 Å². The number of rotatable bonds is 6. The van der Waals surface area contributed by atoms with E-state index >= 15 is 0 Å². The summed E-state index contributed by atoms with van der Waals surface area (Å²) >= 11 is 0. The molecule has 2 rings (SSSR count). The highest BCUT2D eigenvalue weighted by Crippen LogP contribution is 2.29. The number of aliphatic carboxylic acids is 1. The number of nitrogens with one attached hydrogen (secondary N) is 1. The van der Waals surface area contributed by atoms with E-state index in [4.69, 9.17) is 0 Å². The smallest absolute Gasteiger partial charge is 0.416 e. The molecule has 2 aromatic rings. The molecule has 0 saturated carbocycles. The highest BCUT2D eigenvalue weighted by atomic mass is 19.4. The molecule has 0 aliphatic heterocycles. The SMILES string of the molecule is CC(C(=O)O)C(NC(=O)Cc1ccc(C(F)(F)F)cc1)c1ccccc1. The van der Waals surface area contributed by atoms with Gasteiger partial charge in [-0.2, -0.15) is 13.2 Å². The zero-order valence-electron chi connectivity index (χ0n) is 14.0. The Morgan fingerprint density at radius 2 is 1.62 bits per heavy atom. The fourth-order valence-electron chi connectivity index (χ4n) is 2.52. The third-order valence-electron chi connectivity index (χ3n) is 4.01. The van der Waals surface area contributed by atoms with Crippen LogP contribution in [0.5, 0.6) is 0 Å². The molecule has 0 aliphatic carbocycles. The normalized spacial score (nSPS) is 13.7.